The highest BCUT2D eigenvalue weighted by Gasteiger charge is 2.51. The van der Waals surface area contributed by atoms with Gasteiger partial charge in [-0.25, -0.2) is 0 Å². The summed E-state index contributed by atoms with van der Waals surface area (Å²) in [5, 5.41) is 9.89. The van der Waals surface area contributed by atoms with Gasteiger partial charge in [-0.2, -0.15) is 0 Å². The summed E-state index contributed by atoms with van der Waals surface area (Å²) in [4.78, 5) is 0. The lowest BCUT2D eigenvalue weighted by atomic mass is 9.99. The molecule has 150 valence electrons. The molecule has 0 aliphatic carbocycles. The summed E-state index contributed by atoms with van der Waals surface area (Å²) in [6, 6.07) is 0. The van der Waals surface area contributed by atoms with E-state index in [1.54, 1.807) is 7.11 Å². The third kappa shape index (κ3) is 7.89. The van der Waals surface area contributed by atoms with E-state index in [1.165, 1.54) is 0 Å². The van der Waals surface area contributed by atoms with E-state index in [0.717, 1.165) is 0 Å². The summed E-state index contributed by atoms with van der Waals surface area (Å²) in [5.74, 6) is 0. The highest BCUT2D eigenvalue weighted by molar-refractivity contribution is 6.70. The summed E-state index contributed by atoms with van der Waals surface area (Å²) in [6.45, 7) is 19.1. The zero-order valence-electron chi connectivity index (χ0n) is 17.6. The number of methoxy groups -OCH3 is 1. The number of rotatable bonds is 8. The van der Waals surface area contributed by atoms with Crippen molar-refractivity contribution in [2.24, 2.45) is 0 Å². The molecule has 1 saturated heterocycles. The van der Waals surface area contributed by atoms with E-state index in [-0.39, 0.29) is 24.9 Å². The van der Waals surface area contributed by atoms with Crippen molar-refractivity contribution < 1.29 is 27.9 Å². The van der Waals surface area contributed by atoms with Crippen LogP contribution < -0.4 is 0 Å². The minimum Gasteiger partial charge on any atom is -0.409 e. The average molecular weight is 411 g/mol. The van der Waals surface area contributed by atoms with E-state index in [1.807, 2.05) is 0 Å². The summed E-state index contributed by atoms with van der Waals surface area (Å²) in [7, 11) is -4.04. The minimum absolute atomic E-state index is 0.139. The van der Waals surface area contributed by atoms with Crippen molar-refractivity contribution in [3.63, 3.8) is 0 Å². The first-order valence-electron chi connectivity index (χ1n) is 8.99. The number of aliphatic hydroxyl groups excluding tert-OH is 1. The first kappa shape index (κ1) is 23.5. The normalized spacial score (nSPS) is 32.0. The fraction of sp³-hybridized carbons (Fsp3) is 1.00. The molecule has 0 aromatic heterocycles. The Morgan fingerprint density at radius 2 is 1.12 bits per heavy atom. The molecule has 0 amide bonds. The number of aliphatic hydroxyl groups is 1. The van der Waals surface area contributed by atoms with E-state index in [9.17, 15) is 5.11 Å². The van der Waals surface area contributed by atoms with Crippen molar-refractivity contribution in [3.8, 4) is 0 Å². The van der Waals surface area contributed by atoms with Gasteiger partial charge < -0.3 is 27.9 Å². The third-order valence-electron chi connectivity index (χ3n) is 3.47. The monoisotopic (exact) mass is 410 g/mol. The van der Waals surface area contributed by atoms with Crippen LogP contribution in [0.25, 0.3) is 0 Å². The van der Waals surface area contributed by atoms with Gasteiger partial charge in [0.15, 0.2) is 31.2 Å². The molecule has 5 atom stereocenters. The van der Waals surface area contributed by atoms with Gasteiger partial charge in [-0.3, -0.25) is 0 Å². The molecule has 0 saturated carbocycles. The minimum atomic E-state index is -1.89. The predicted molar refractivity (Wildman–Crippen MR) is 107 cm³/mol. The van der Waals surface area contributed by atoms with Crippen LogP contribution in [-0.4, -0.2) is 74.5 Å². The van der Waals surface area contributed by atoms with E-state index < -0.39 is 37.3 Å². The van der Waals surface area contributed by atoms with Gasteiger partial charge in [-0.1, -0.05) is 0 Å². The molecule has 0 spiro atoms. The maximum Gasteiger partial charge on any atom is 0.185 e. The lowest BCUT2D eigenvalue weighted by Gasteiger charge is -2.50. The van der Waals surface area contributed by atoms with Crippen molar-refractivity contribution in [1.82, 2.24) is 0 Å². The van der Waals surface area contributed by atoms with E-state index in [2.05, 4.69) is 58.9 Å². The predicted octanol–water partition coefficient (Wildman–Crippen LogP) is 3.01. The summed E-state index contributed by atoms with van der Waals surface area (Å²) in [6.07, 6.45) is -2.11. The molecule has 0 aromatic rings. The van der Waals surface area contributed by atoms with Gasteiger partial charge in [-0.05, 0) is 58.9 Å². The summed E-state index contributed by atoms with van der Waals surface area (Å²) >= 11 is 0. The molecule has 25 heavy (non-hydrogen) atoms. The second-order valence-electron chi connectivity index (χ2n) is 9.55. The standard InChI is InChI=1S/C16H38O6Si3/c1-18-16-15(22-25(8,9)10)14(21-24(5,6)7)13(12(11-17)19-16)20-23(2,3)4/h12-17H,11H2,1-10H3/t12?,13?,14-,15?,16?/m0/s1. The van der Waals surface area contributed by atoms with Crippen LogP contribution in [0.2, 0.25) is 58.9 Å². The SMILES string of the molecule is COC1OC(CO)C(O[Si](C)(C)C)[C@H](O[Si](C)(C)C)C1O[Si](C)(C)C. The molecule has 1 N–H and O–H groups in total. The number of hydrogen-bond donors (Lipinski definition) is 1. The summed E-state index contributed by atoms with van der Waals surface area (Å²) in [5.41, 5.74) is 0. The van der Waals surface area contributed by atoms with Crippen LogP contribution in [0.3, 0.4) is 0 Å². The Kier molecular flexibility index (Phi) is 8.08. The molecular formula is C16H38O6Si3. The van der Waals surface area contributed by atoms with Crippen LogP contribution in [0, 0.1) is 0 Å². The Morgan fingerprint density at radius 1 is 0.720 bits per heavy atom. The highest BCUT2D eigenvalue weighted by Crippen LogP contribution is 2.33. The molecule has 1 aliphatic rings. The zero-order chi connectivity index (χ0) is 19.6. The van der Waals surface area contributed by atoms with Crippen molar-refractivity contribution in [1.29, 1.82) is 0 Å². The Balaban J connectivity index is 3.27. The van der Waals surface area contributed by atoms with E-state index >= 15 is 0 Å². The van der Waals surface area contributed by atoms with Gasteiger partial charge in [0.05, 0.1) is 6.61 Å². The second kappa shape index (κ2) is 8.61. The first-order valence-corrected chi connectivity index (χ1v) is 19.2. The maximum atomic E-state index is 9.89. The van der Waals surface area contributed by atoms with Gasteiger partial charge in [-0.15, -0.1) is 0 Å². The van der Waals surface area contributed by atoms with Crippen LogP contribution >= 0.6 is 0 Å². The Morgan fingerprint density at radius 3 is 1.48 bits per heavy atom. The van der Waals surface area contributed by atoms with Gasteiger partial charge in [0.25, 0.3) is 0 Å². The lowest BCUT2D eigenvalue weighted by molar-refractivity contribution is -0.284. The fourth-order valence-electron chi connectivity index (χ4n) is 2.84. The van der Waals surface area contributed by atoms with Crippen molar-refractivity contribution in [3.05, 3.63) is 0 Å². The molecule has 4 unspecified atom stereocenters. The van der Waals surface area contributed by atoms with Crippen LogP contribution in [0.1, 0.15) is 0 Å². The average Bonchev–Trinajstić information content (AvgIpc) is 2.38. The second-order valence-corrected chi connectivity index (χ2v) is 22.9. The molecule has 1 heterocycles. The van der Waals surface area contributed by atoms with Gasteiger partial charge in [0.1, 0.15) is 24.4 Å². The summed E-state index contributed by atoms with van der Waals surface area (Å²) < 4.78 is 30.9. The molecule has 6 nitrogen and oxygen atoms in total. The van der Waals surface area contributed by atoms with Gasteiger partial charge in [0, 0.05) is 7.11 Å². The molecule has 0 bridgehead atoms. The quantitative estimate of drug-likeness (QED) is 0.621. The van der Waals surface area contributed by atoms with Gasteiger partial charge in [0.2, 0.25) is 0 Å². The molecular weight excluding hydrogens is 372 g/mol. The number of ether oxygens (including phenoxy) is 2. The molecule has 9 heteroatoms. The van der Waals surface area contributed by atoms with Crippen molar-refractivity contribution >= 4 is 25.0 Å². The Hall–Kier alpha value is 0.411. The molecule has 0 radical (unpaired) electrons. The maximum absolute atomic E-state index is 9.89. The third-order valence-corrected chi connectivity index (χ3v) is 6.41. The van der Waals surface area contributed by atoms with Crippen LogP contribution in [-0.2, 0) is 22.8 Å². The Labute approximate surface area is 156 Å². The van der Waals surface area contributed by atoms with E-state index in [4.69, 9.17) is 22.8 Å². The Bertz CT molecular complexity index is 386. The van der Waals surface area contributed by atoms with Gasteiger partial charge >= 0.3 is 0 Å². The highest BCUT2D eigenvalue weighted by atomic mass is 28.4. The van der Waals surface area contributed by atoms with Crippen LogP contribution in [0.15, 0.2) is 0 Å². The molecule has 0 aromatic carbocycles. The topological polar surface area (TPSA) is 66.4 Å². The first-order chi connectivity index (χ1) is 11.2. The van der Waals surface area contributed by atoms with Crippen LogP contribution in [0.4, 0.5) is 0 Å². The molecule has 1 rings (SSSR count). The van der Waals surface area contributed by atoms with Crippen molar-refractivity contribution in [2.75, 3.05) is 13.7 Å². The largest absolute Gasteiger partial charge is 0.409 e. The lowest BCUT2D eigenvalue weighted by Crippen LogP contribution is -2.66. The number of hydrogen-bond acceptors (Lipinski definition) is 6. The molecule has 1 aliphatic heterocycles. The molecule has 1 fully saturated rings. The van der Waals surface area contributed by atoms with Crippen LogP contribution in [0.5, 0.6) is 0 Å². The van der Waals surface area contributed by atoms with Crippen molar-refractivity contribution in [2.45, 2.75) is 89.6 Å². The smallest absolute Gasteiger partial charge is 0.185 e. The zero-order valence-corrected chi connectivity index (χ0v) is 20.6. The van der Waals surface area contributed by atoms with E-state index in [0.29, 0.717) is 0 Å². The fourth-order valence-corrected chi connectivity index (χ4v) is 6.09.